The Balaban J connectivity index is 1.58. The van der Waals surface area contributed by atoms with Gasteiger partial charge in [0.05, 0.1) is 16.6 Å². The quantitative estimate of drug-likeness (QED) is 0.530. The summed E-state index contributed by atoms with van der Waals surface area (Å²) < 4.78 is 35.1. The molecule has 1 saturated carbocycles. The summed E-state index contributed by atoms with van der Waals surface area (Å²) >= 11 is 0. The summed E-state index contributed by atoms with van der Waals surface area (Å²) in [6.45, 7) is 4.45. The van der Waals surface area contributed by atoms with Crippen molar-refractivity contribution in [3.05, 3.63) is 59.7 Å². The molecule has 0 amide bonds. The molecule has 1 atom stereocenters. The fourth-order valence-electron chi connectivity index (χ4n) is 5.06. The molecule has 2 N–H and O–H groups in total. The van der Waals surface area contributed by atoms with Crippen molar-refractivity contribution in [3.63, 3.8) is 0 Å². The van der Waals surface area contributed by atoms with Crippen LogP contribution in [0.3, 0.4) is 0 Å². The zero-order chi connectivity index (χ0) is 23.7. The standard InChI is InChI=1S/C26H30N4O3S/c1-17-7-5-8-18(2)25(17)23-15-24-29-26(28-23)30-34(31,32)22-12-6-11-20(14-22)27-21(16-33-24)13-19-9-3-4-10-19/h5-8,11-12,14-15,19,21,27H,3-4,9-10,13,16H2,1-2H3,(H,28,29,30). The van der Waals surface area contributed by atoms with Crippen molar-refractivity contribution in [1.82, 2.24) is 9.97 Å². The van der Waals surface area contributed by atoms with Gasteiger partial charge in [0.15, 0.2) is 0 Å². The van der Waals surface area contributed by atoms with Crippen LogP contribution in [-0.4, -0.2) is 31.0 Å². The average molecular weight is 479 g/mol. The Morgan fingerprint density at radius 1 is 1.00 bits per heavy atom. The van der Waals surface area contributed by atoms with Crippen molar-refractivity contribution in [3.8, 4) is 17.1 Å². The van der Waals surface area contributed by atoms with E-state index in [1.807, 2.05) is 38.1 Å². The highest BCUT2D eigenvalue weighted by atomic mass is 32.2. The van der Waals surface area contributed by atoms with E-state index >= 15 is 0 Å². The monoisotopic (exact) mass is 478 g/mol. The van der Waals surface area contributed by atoms with E-state index in [2.05, 4.69) is 20.0 Å². The van der Waals surface area contributed by atoms with E-state index in [9.17, 15) is 8.42 Å². The maximum Gasteiger partial charge on any atom is 0.264 e. The molecule has 1 aliphatic heterocycles. The predicted molar refractivity (Wildman–Crippen MR) is 134 cm³/mol. The number of benzene rings is 2. The lowest BCUT2D eigenvalue weighted by Gasteiger charge is -2.24. The smallest absolute Gasteiger partial charge is 0.264 e. The molecule has 3 aromatic rings. The third-order valence-electron chi connectivity index (χ3n) is 6.71. The van der Waals surface area contributed by atoms with Crippen LogP contribution >= 0.6 is 0 Å². The Morgan fingerprint density at radius 2 is 1.74 bits per heavy atom. The lowest BCUT2D eigenvalue weighted by Crippen LogP contribution is -2.30. The van der Waals surface area contributed by atoms with E-state index in [4.69, 9.17) is 4.74 Å². The number of nitrogens with zero attached hydrogens (tertiary/aromatic N) is 2. The number of sulfonamides is 1. The Kier molecular flexibility index (Phi) is 6.16. The van der Waals surface area contributed by atoms with Gasteiger partial charge in [0, 0.05) is 17.3 Å². The van der Waals surface area contributed by atoms with Crippen molar-refractivity contribution in [2.75, 3.05) is 16.6 Å². The molecule has 2 aliphatic rings. The fourth-order valence-corrected chi connectivity index (χ4v) is 6.05. The molecule has 2 heterocycles. The van der Waals surface area contributed by atoms with Crippen molar-refractivity contribution in [2.45, 2.75) is 56.9 Å². The van der Waals surface area contributed by atoms with Gasteiger partial charge in [0.2, 0.25) is 11.8 Å². The van der Waals surface area contributed by atoms with Gasteiger partial charge in [-0.15, -0.1) is 0 Å². The first-order chi connectivity index (χ1) is 16.4. The number of rotatable bonds is 3. The van der Waals surface area contributed by atoms with Crippen LogP contribution < -0.4 is 14.8 Å². The van der Waals surface area contributed by atoms with Gasteiger partial charge in [0.1, 0.15) is 6.61 Å². The van der Waals surface area contributed by atoms with Crippen LogP contribution in [0.5, 0.6) is 5.88 Å². The molecule has 7 nitrogen and oxygen atoms in total. The molecular weight excluding hydrogens is 448 g/mol. The number of fused-ring (bicyclic) bond motifs is 4. The third-order valence-corrected chi connectivity index (χ3v) is 8.03. The SMILES string of the molecule is Cc1cccc(C)c1-c1cc2nc(n1)NS(=O)(=O)c1cccc(c1)NC(CC1CCCC1)CO2. The van der Waals surface area contributed by atoms with Gasteiger partial charge in [-0.3, -0.25) is 0 Å². The summed E-state index contributed by atoms with van der Waals surface area (Å²) in [5.41, 5.74) is 4.44. The third kappa shape index (κ3) is 4.87. The van der Waals surface area contributed by atoms with Crippen LogP contribution in [0, 0.1) is 19.8 Å². The molecule has 1 aromatic heterocycles. The summed E-state index contributed by atoms with van der Waals surface area (Å²) in [6.07, 6.45) is 5.96. The number of anilines is 2. The Morgan fingerprint density at radius 3 is 2.50 bits per heavy atom. The van der Waals surface area contributed by atoms with Gasteiger partial charge >= 0.3 is 0 Å². The molecule has 0 saturated heterocycles. The van der Waals surface area contributed by atoms with E-state index in [0.29, 0.717) is 24.1 Å². The average Bonchev–Trinajstić information content (AvgIpc) is 3.30. The van der Waals surface area contributed by atoms with Crippen LogP contribution in [0.15, 0.2) is 53.4 Å². The number of hydrogen-bond acceptors (Lipinski definition) is 6. The minimum Gasteiger partial charge on any atom is -0.475 e. The number of hydrogen-bond donors (Lipinski definition) is 2. The Bertz CT molecular complexity index is 1280. The highest BCUT2D eigenvalue weighted by Crippen LogP contribution is 2.32. The second-order valence-electron chi connectivity index (χ2n) is 9.35. The van der Waals surface area contributed by atoms with Crippen LogP contribution in [0.4, 0.5) is 11.6 Å². The molecule has 0 spiro atoms. The van der Waals surface area contributed by atoms with Crippen LogP contribution in [-0.2, 0) is 10.0 Å². The highest BCUT2D eigenvalue weighted by Gasteiger charge is 2.24. The van der Waals surface area contributed by atoms with Crippen molar-refractivity contribution in [1.29, 1.82) is 0 Å². The van der Waals surface area contributed by atoms with Crippen molar-refractivity contribution >= 4 is 21.7 Å². The zero-order valence-electron chi connectivity index (χ0n) is 19.5. The maximum absolute atomic E-state index is 13.2. The first kappa shape index (κ1) is 22.7. The predicted octanol–water partition coefficient (Wildman–Crippen LogP) is 5.31. The topological polar surface area (TPSA) is 93.2 Å². The van der Waals surface area contributed by atoms with E-state index in [0.717, 1.165) is 28.8 Å². The number of nitrogens with one attached hydrogen (secondary N) is 2. The molecule has 1 fully saturated rings. The molecule has 4 bridgehead atoms. The largest absolute Gasteiger partial charge is 0.475 e. The number of aromatic nitrogens is 2. The summed E-state index contributed by atoms with van der Waals surface area (Å²) in [4.78, 5) is 9.13. The highest BCUT2D eigenvalue weighted by molar-refractivity contribution is 7.92. The minimum atomic E-state index is -3.88. The molecule has 178 valence electrons. The lowest BCUT2D eigenvalue weighted by atomic mass is 9.98. The van der Waals surface area contributed by atoms with Gasteiger partial charge < -0.3 is 10.1 Å². The molecule has 8 heteroatoms. The van der Waals surface area contributed by atoms with Gasteiger partial charge in [-0.2, -0.15) is 4.98 Å². The van der Waals surface area contributed by atoms with Crippen LogP contribution in [0.25, 0.3) is 11.3 Å². The van der Waals surface area contributed by atoms with Crippen molar-refractivity contribution in [2.24, 2.45) is 5.92 Å². The molecule has 0 radical (unpaired) electrons. The van der Waals surface area contributed by atoms with Crippen LogP contribution in [0.1, 0.15) is 43.2 Å². The van der Waals surface area contributed by atoms with Gasteiger partial charge in [-0.1, -0.05) is 49.9 Å². The van der Waals surface area contributed by atoms with E-state index in [-0.39, 0.29) is 16.9 Å². The molecule has 1 unspecified atom stereocenters. The van der Waals surface area contributed by atoms with Gasteiger partial charge in [0.25, 0.3) is 10.0 Å². The fraction of sp³-hybridized carbons (Fsp3) is 0.385. The van der Waals surface area contributed by atoms with Gasteiger partial charge in [-0.05, 0) is 55.5 Å². The minimum absolute atomic E-state index is 0.00133. The Hall–Kier alpha value is -3.13. The van der Waals surface area contributed by atoms with Gasteiger partial charge in [-0.25, -0.2) is 18.1 Å². The molecule has 34 heavy (non-hydrogen) atoms. The van der Waals surface area contributed by atoms with Crippen LogP contribution in [0.2, 0.25) is 0 Å². The zero-order valence-corrected chi connectivity index (χ0v) is 20.4. The number of aryl methyl sites for hydroxylation is 2. The summed E-state index contributed by atoms with van der Waals surface area (Å²) in [5, 5.41) is 3.51. The van der Waals surface area contributed by atoms with E-state index in [1.54, 1.807) is 24.3 Å². The Labute approximate surface area is 201 Å². The van der Waals surface area contributed by atoms with E-state index in [1.165, 1.54) is 25.7 Å². The molecule has 5 rings (SSSR count). The summed E-state index contributed by atoms with van der Waals surface area (Å²) in [5.74, 6) is 1.00. The lowest BCUT2D eigenvalue weighted by molar-refractivity contribution is 0.266. The molecular formula is C26H30N4O3S. The normalized spacial score (nSPS) is 19.8. The second kappa shape index (κ2) is 9.25. The van der Waals surface area contributed by atoms with E-state index < -0.39 is 10.0 Å². The summed E-state index contributed by atoms with van der Waals surface area (Å²) in [6, 6.07) is 14.7. The molecule has 2 aromatic carbocycles. The van der Waals surface area contributed by atoms with Crippen molar-refractivity contribution < 1.29 is 13.2 Å². The first-order valence-corrected chi connectivity index (χ1v) is 13.3. The molecule has 1 aliphatic carbocycles. The first-order valence-electron chi connectivity index (χ1n) is 11.9. The second-order valence-corrected chi connectivity index (χ2v) is 11.0. The summed E-state index contributed by atoms with van der Waals surface area (Å²) in [7, 11) is -3.88. The number of ether oxygens (including phenoxy) is 1. The maximum atomic E-state index is 13.2.